The Morgan fingerprint density at radius 1 is 0.635 bits per heavy atom. The molecule has 3 aliphatic rings. The normalized spacial score (nSPS) is 18.0. The van der Waals surface area contributed by atoms with Crippen LogP contribution < -0.4 is 0 Å². The number of ether oxygens (including phenoxy) is 4. The first-order valence-electron chi connectivity index (χ1n) is 23.1. The summed E-state index contributed by atoms with van der Waals surface area (Å²) in [4.78, 5) is 40.5. The Kier molecular flexibility index (Phi) is 13.6. The van der Waals surface area contributed by atoms with Gasteiger partial charge in [0.25, 0.3) is 0 Å². The van der Waals surface area contributed by atoms with E-state index in [-0.39, 0.29) is 24.3 Å². The standard InChI is InChI=1S/C49H72N6O6Si2/c1-48(2,3)60-46(56)52-21-13-15-40(52)44-50-30-42(54(44)32-58-23-25-62(7,8)9)34-17-19-38-36(27-34)29-37-28-35(18-20-39(37)38)43-31-51-45(55(43)33-59-24-26-63(10,11)12)41-16-14-22-53(41)47(57)61-49(4,5)6/h17-20,27-28,30-31,40-41H,13-16,21-26,29,32-33H2,1-12H3/t40-,41-/m0/s1. The monoisotopic (exact) mass is 897 g/mol. The van der Waals surface area contributed by atoms with Crippen molar-refractivity contribution in [3.8, 4) is 33.6 Å². The first-order valence-corrected chi connectivity index (χ1v) is 30.5. The molecule has 2 atom stereocenters. The van der Waals surface area contributed by atoms with Gasteiger partial charge in [0.1, 0.15) is 36.3 Å². The average Bonchev–Trinajstić information content (AvgIpc) is 4.01. The van der Waals surface area contributed by atoms with Crippen LogP contribution in [0.2, 0.25) is 51.4 Å². The summed E-state index contributed by atoms with van der Waals surface area (Å²) >= 11 is 0. The zero-order valence-electron chi connectivity index (χ0n) is 40.1. The minimum absolute atomic E-state index is 0.194. The van der Waals surface area contributed by atoms with Gasteiger partial charge in [0, 0.05) is 53.6 Å². The van der Waals surface area contributed by atoms with Gasteiger partial charge in [-0.05, 0) is 120 Å². The summed E-state index contributed by atoms with van der Waals surface area (Å²) in [6.07, 6.45) is 7.50. The van der Waals surface area contributed by atoms with Crippen molar-refractivity contribution in [1.82, 2.24) is 28.9 Å². The molecule has 0 spiro atoms. The zero-order chi connectivity index (χ0) is 45.5. The second kappa shape index (κ2) is 18.3. The van der Waals surface area contributed by atoms with Gasteiger partial charge in [-0.1, -0.05) is 63.5 Å². The van der Waals surface area contributed by atoms with Gasteiger partial charge in [0.2, 0.25) is 0 Å². The minimum Gasteiger partial charge on any atom is -0.444 e. The number of nitrogens with zero attached hydrogens (tertiary/aromatic N) is 6. The first kappa shape index (κ1) is 46.7. The van der Waals surface area contributed by atoms with E-state index < -0.39 is 27.3 Å². The van der Waals surface area contributed by atoms with E-state index in [4.69, 9.17) is 28.9 Å². The Morgan fingerprint density at radius 3 is 1.40 bits per heavy atom. The molecule has 12 nitrogen and oxygen atoms in total. The maximum atomic E-state index is 13.4. The van der Waals surface area contributed by atoms with Crippen LogP contribution in [0, 0.1) is 0 Å². The van der Waals surface area contributed by atoms with Crippen LogP contribution >= 0.6 is 0 Å². The van der Waals surface area contributed by atoms with E-state index in [1.165, 1.54) is 22.3 Å². The summed E-state index contributed by atoms with van der Waals surface area (Å²) in [5, 5.41) is 0. The Morgan fingerprint density at radius 2 is 1.03 bits per heavy atom. The molecule has 7 rings (SSSR count). The van der Waals surface area contributed by atoms with Gasteiger partial charge in [-0.25, -0.2) is 19.6 Å². The average molecular weight is 897 g/mol. The number of likely N-dealkylation sites (tertiary alicyclic amines) is 2. The lowest BCUT2D eigenvalue weighted by atomic mass is 10.0. The number of carbonyl (C=O) groups is 2. The van der Waals surface area contributed by atoms with Crippen LogP contribution in [0.4, 0.5) is 9.59 Å². The van der Waals surface area contributed by atoms with Crippen molar-refractivity contribution < 1.29 is 28.5 Å². The van der Waals surface area contributed by atoms with Crippen molar-refractivity contribution in [2.75, 3.05) is 26.3 Å². The van der Waals surface area contributed by atoms with Gasteiger partial charge in [-0.15, -0.1) is 0 Å². The molecule has 2 amide bonds. The maximum absolute atomic E-state index is 13.4. The van der Waals surface area contributed by atoms with Crippen LogP contribution in [0.3, 0.4) is 0 Å². The highest BCUT2D eigenvalue weighted by atomic mass is 28.3. The predicted octanol–water partition coefficient (Wildman–Crippen LogP) is 11.8. The van der Waals surface area contributed by atoms with Crippen LogP contribution in [0.25, 0.3) is 33.6 Å². The van der Waals surface area contributed by atoms with Crippen LogP contribution in [0.15, 0.2) is 48.8 Å². The SMILES string of the molecule is CC(C)(C)OC(=O)N1CCC[C@H]1c1ncc(-c2ccc3c(c2)Cc2cc(-c4cnc([C@@H]5CCCN5C(=O)OC(C)(C)C)n4COCC[Si](C)(C)C)ccc2-3)n1COCC[Si](C)(C)C. The topological polar surface area (TPSA) is 113 Å². The molecule has 4 aromatic rings. The number of carbonyl (C=O) groups excluding carboxylic acids is 2. The van der Waals surface area contributed by atoms with E-state index in [1.54, 1.807) is 0 Å². The molecule has 4 heterocycles. The largest absolute Gasteiger partial charge is 0.444 e. The lowest BCUT2D eigenvalue weighted by Gasteiger charge is -2.29. The van der Waals surface area contributed by atoms with E-state index in [1.807, 2.05) is 63.7 Å². The molecule has 1 aliphatic carbocycles. The van der Waals surface area contributed by atoms with Crippen molar-refractivity contribution in [3.63, 3.8) is 0 Å². The number of amides is 2. The molecular weight excluding hydrogens is 825 g/mol. The van der Waals surface area contributed by atoms with E-state index in [0.29, 0.717) is 39.8 Å². The lowest BCUT2D eigenvalue weighted by molar-refractivity contribution is 0.0195. The first-order chi connectivity index (χ1) is 29.6. The summed E-state index contributed by atoms with van der Waals surface area (Å²) in [7, 11) is -2.60. The number of rotatable bonds is 14. The summed E-state index contributed by atoms with van der Waals surface area (Å²) in [5.74, 6) is 1.67. The van der Waals surface area contributed by atoms with E-state index in [9.17, 15) is 9.59 Å². The molecule has 0 radical (unpaired) electrons. The Labute approximate surface area is 377 Å². The molecule has 2 aromatic carbocycles. The summed E-state index contributed by atoms with van der Waals surface area (Å²) < 4.78 is 28.8. The smallest absolute Gasteiger partial charge is 0.410 e. The third kappa shape index (κ3) is 11.4. The van der Waals surface area contributed by atoms with E-state index in [0.717, 1.165) is 78.4 Å². The number of aromatic nitrogens is 4. The molecule has 0 unspecified atom stereocenters. The highest BCUT2D eigenvalue weighted by Crippen LogP contribution is 2.43. The minimum atomic E-state index is -1.30. The van der Waals surface area contributed by atoms with Gasteiger partial charge < -0.3 is 28.1 Å². The highest BCUT2D eigenvalue weighted by molar-refractivity contribution is 6.76. The number of hydrogen-bond donors (Lipinski definition) is 0. The zero-order valence-corrected chi connectivity index (χ0v) is 42.1. The van der Waals surface area contributed by atoms with Crippen molar-refractivity contribution in [1.29, 1.82) is 0 Å². The fourth-order valence-corrected chi connectivity index (χ4v) is 10.3. The van der Waals surface area contributed by atoms with Gasteiger partial charge in [-0.3, -0.25) is 9.80 Å². The van der Waals surface area contributed by atoms with Crippen LogP contribution in [-0.2, 0) is 38.8 Å². The molecule has 2 aromatic heterocycles. The molecule has 2 fully saturated rings. The van der Waals surface area contributed by atoms with Crippen LogP contribution in [-0.4, -0.2) is 94.7 Å². The molecule has 0 saturated carbocycles. The molecular formula is C49H72N6O6Si2. The number of hydrogen-bond acceptors (Lipinski definition) is 8. The third-order valence-corrected chi connectivity index (χ3v) is 15.4. The van der Waals surface area contributed by atoms with Crippen LogP contribution in [0.1, 0.15) is 102 Å². The molecule has 2 aliphatic heterocycles. The Balaban J connectivity index is 1.17. The maximum Gasteiger partial charge on any atom is 0.410 e. The fraction of sp³-hybridized carbons (Fsp3) is 0.592. The summed E-state index contributed by atoms with van der Waals surface area (Å²) in [5.41, 5.74) is 7.90. The van der Waals surface area contributed by atoms with Gasteiger partial charge in [-0.2, -0.15) is 0 Å². The van der Waals surface area contributed by atoms with E-state index in [2.05, 4.69) is 84.8 Å². The molecule has 14 heteroatoms. The molecule has 0 N–H and O–H groups in total. The molecule has 2 saturated heterocycles. The Bertz CT molecular complexity index is 2120. The van der Waals surface area contributed by atoms with Gasteiger partial charge in [0.05, 0.1) is 35.9 Å². The second-order valence-corrected chi connectivity index (χ2v) is 33.4. The highest BCUT2D eigenvalue weighted by Gasteiger charge is 2.38. The summed E-state index contributed by atoms with van der Waals surface area (Å²) in [6.45, 7) is 29.0. The van der Waals surface area contributed by atoms with Crippen LogP contribution in [0.5, 0.6) is 0 Å². The molecule has 0 bridgehead atoms. The predicted molar refractivity (Wildman–Crippen MR) is 255 cm³/mol. The van der Waals surface area contributed by atoms with Crippen molar-refractivity contribution in [2.24, 2.45) is 0 Å². The molecule has 342 valence electrons. The van der Waals surface area contributed by atoms with Crippen molar-refractivity contribution in [2.45, 2.75) is 162 Å². The third-order valence-electron chi connectivity index (χ3n) is 12.0. The van der Waals surface area contributed by atoms with Crippen molar-refractivity contribution in [3.05, 3.63) is 71.6 Å². The molecule has 63 heavy (non-hydrogen) atoms. The van der Waals surface area contributed by atoms with Crippen molar-refractivity contribution >= 4 is 28.3 Å². The Hall–Kier alpha value is -4.25. The van der Waals surface area contributed by atoms with Gasteiger partial charge >= 0.3 is 12.2 Å². The summed E-state index contributed by atoms with van der Waals surface area (Å²) in [6, 6.07) is 15.2. The number of imidazole rings is 2. The van der Waals surface area contributed by atoms with Gasteiger partial charge in [0.15, 0.2) is 0 Å². The van der Waals surface area contributed by atoms with E-state index >= 15 is 0 Å². The fourth-order valence-electron chi connectivity index (χ4n) is 8.79. The quantitative estimate of drug-likeness (QED) is 0.0800. The number of fused-ring (bicyclic) bond motifs is 3. The second-order valence-electron chi connectivity index (χ2n) is 22.1. The number of benzene rings is 2. The lowest BCUT2D eigenvalue weighted by Crippen LogP contribution is -2.37.